The van der Waals surface area contributed by atoms with E-state index >= 15 is 0 Å². The number of hydrogen-bond acceptors (Lipinski definition) is 4. The van der Waals surface area contributed by atoms with Crippen LogP contribution in [0.4, 0.5) is 5.69 Å². The molecular formula is C18H20N2O4. The minimum Gasteiger partial charge on any atom is -0.481 e. The molecule has 2 rings (SSSR count). The number of nitrogens with one attached hydrogen (secondary N) is 1. The minimum absolute atomic E-state index is 0.0266. The summed E-state index contributed by atoms with van der Waals surface area (Å²) < 4.78 is 0. The Balaban J connectivity index is 1.96. The van der Waals surface area contributed by atoms with Crippen LogP contribution >= 0.6 is 0 Å². The maximum atomic E-state index is 10.8. The summed E-state index contributed by atoms with van der Waals surface area (Å²) in [6, 6.07) is 16.3. The molecule has 2 aromatic carbocycles. The third-order valence-electron chi connectivity index (χ3n) is 3.77. The van der Waals surface area contributed by atoms with Gasteiger partial charge >= 0.3 is 5.97 Å². The molecule has 6 nitrogen and oxygen atoms in total. The van der Waals surface area contributed by atoms with Crippen molar-refractivity contribution in [2.75, 3.05) is 0 Å². The van der Waals surface area contributed by atoms with Crippen molar-refractivity contribution in [1.29, 1.82) is 0 Å². The molecule has 1 unspecified atom stereocenters. The van der Waals surface area contributed by atoms with Gasteiger partial charge in [0.1, 0.15) is 0 Å². The molecule has 0 radical (unpaired) electrons. The Hall–Kier alpha value is -2.73. The summed E-state index contributed by atoms with van der Waals surface area (Å²) in [6.45, 7) is 0.537. The van der Waals surface area contributed by atoms with Crippen LogP contribution in [0.3, 0.4) is 0 Å². The number of carboxylic acids is 1. The Bertz CT molecular complexity index is 671. The average molecular weight is 328 g/mol. The number of nitro benzene ring substituents is 1. The first-order valence-electron chi connectivity index (χ1n) is 7.77. The third kappa shape index (κ3) is 5.81. The highest BCUT2D eigenvalue weighted by Crippen LogP contribution is 2.13. The molecule has 0 saturated heterocycles. The molecule has 0 heterocycles. The molecule has 0 aliphatic carbocycles. The van der Waals surface area contributed by atoms with Crippen LogP contribution in [0.25, 0.3) is 0 Å². The van der Waals surface area contributed by atoms with Crippen molar-refractivity contribution in [1.82, 2.24) is 5.32 Å². The molecule has 2 N–H and O–H groups in total. The number of nitro groups is 1. The molecule has 6 heteroatoms. The van der Waals surface area contributed by atoms with E-state index in [2.05, 4.69) is 5.32 Å². The fraction of sp³-hybridized carbons (Fsp3) is 0.278. The van der Waals surface area contributed by atoms with Gasteiger partial charge in [-0.1, -0.05) is 42.5 Å². The zero-order chi connectivity index (χ0) is 17.4. The van der Waals surface area contributed by atoms with Gasteiger partial charge in [0.25, 0.3) is 5.69 Å². The van der Waals surface area contributed by atoms with Crippen LogP contribution in [-0.4, -0.2) is 22.0 Å². The molecule has 1 atom stereocenters. The Labute approximate surface area is 140 Å². The van der Waals surface area contributed by atoms with Crippen LogP contribution in [0, 0.1) is 10.1 Å². The second-order valence-corrected chi connectivity index (χ2v) is 5.62. The molecule has 2 aromatic rings. The van der Waals surface area contributed by atoms with E-state index in [4.69, 9.17) is 5.11 Å². The average Bonchev–Trinajstić information content (AvgIpc) is 2.58. The SMILES string of the molecule is O=C(O)CCC(Cc1ccccc1)NCc1ccc([N+](=O)[O-])cc1. The van der Waals surface area contributed by atoms with Gasteiger partial charge in [-0.2, -0.15) is 0 Å². The lowest BCUT2D eigenvalue weighted by Crippen LogP contribution is -2.31. The predicted octanol–water partition coefficient (Wildman–Crippen LogP) is 3.16. The monoisotopic (exact) mass is 328 g/mol. The van der Waals surface area contributed by atoms with Crippen molar-refractivity contribution in [3.05, 3.63) is 75.8 Å². The highest BCUT2D eigenvalue weighted by atomic mass is 16.6. The molecule has 0 amide bonds. The number of carboxylic acid groups (broad SMARTS) is 1. The molecule has 0 aromatic heterocycles. The van der Waals surface area contributed by atoms with Gasteiger partial charge < -0.3 is 10.4 Å². The van der Waals surface area contributed by atoms with Gasteiger partial charge in [-0.25, -0.2) is 0 Å². The first kappa shape index (κ1) is 17.6. The highest BCUT2D eigenvalue weighted by Gasteiger charge is 2.12. The number of carbonyl (C=O) groups is 1. The molecular weight excluding hydrogens is 308 g/mol. The molecule has 126 valence electrons. The lowest BCUT2D eigenvalue weighted by molar-refractivity contribution is -0.384. The van der Waals surface area contributed by atoms with Crippen molar-refractivity contribution < 1.29 is 14.8 Å². The summed E-state index contributed by atoms with van der Waals surface area (Å²) in [5.41, 5.74) is 2.13. The highest BCUT2D eigenvalue weighted by molar-refractivity contribution is 5.66. The lowest BCUT2D eigenvalue weighted by Gasteiger charge is -2.18. The van der Waals surface area contributed by atoms with Gasteiger partial charge in [-0.15, -0.1) is 0 Å². The van der Waals surface area contributed by atoms with Crippen LogP contribution in [-0.2, 0) is 17.8 Å². The van der Waals surface area contributed by atoms with E-state index in [0.29, 0.717) is 13.0 Å². The van der Waals surface area contributed by atoms with Gasteiger partial charge in [0.15, 0.2) is 0 Å². The minimum atomic E-state index is -0.815. The third-order valence-corrected chi connectivity index (χ3v) is 3.77. The van der Waals surface area contributed by atoms with Crippen molar-refractivity contribution in [2.24, 2.45) is 0 Å². The molecule has 0 aliphatic rings. The molecule has 0 saturated carbocycles. The maximum Gasteiger partial charge on any atom is 0.303 e. The lowest BCUT2D eigenvalue weighted by atomic mass is 10.0. The summed E-state index contributed by atoms with van der Waals surface area (Å²) in [7, 11) is 0. The molecule has 0 fully saturated rings. The van der Waals surface area contributed by atoms with Crippen molar-refractivity contribution in [2.45, 2.75) is 31.8 Å². The number of non-ortho nitro benzene ring substituents is 1. The Morgan fingerprint density at radius 1 is 1.08 bits per heavy atom. The quantitative estimate of drug-likeness (QED) is 0.545. The standard InChI is InChI=1S/C18H20N2O4/c21-18(22)11-8-16(12-14-4-2-1-3-5-14)19-13-15-6-9-17(10-7-15)20(23)24/h1-7,9-10,16,19H,8,11-13H2,(H,21,22). The van der Waals surface area contributed by atoms with Gasteiger partial charge in [-0.05, 0) is 24.0 Å². The van der Waals surface area contributed by atoms with Crippen molar-refractivity contribution in [3.8, 4) is 0 Å². The molecule has 0 spiro atoms. The maximum absolute atomic E-state index is 10.8. The van der Waals surface area contributed by atoms with E-state index in [9.17, 15) is 14.9 Å². The number of benzene rings is 2. The topological polar surface area (TPSA) is 92.5 Å². The molecule has 0 aliphatic heterocycles. The largest absolute Gasteiger partial charge is 0.481 e. The Morgan fingerprint density at radius 3 is 2.33 bits per heavy atom. The van der Waals surface area contributed by atoms with E-state index in [0.717, 1.165) is 17.5 Å². The van der Waals surface area contributed by atoms with Gasteiger partial charge in [-0.3, -0.25) is 14.9 Å². The first-order chi connectivity index (χ1) is 11.5. The number of aliphatic carboxylic acids is 1. The van der Waals surface area contributed by atoms with Crippen LogP contribution < -0.4 is 5.32 Å². The summed E-state index contributed by atoms with van der Waals surface area (Å²) >= 11 is 0. The number of nitrogens with zero attached hydrogens (tertiary/aromatic N) is 1. The van der Waals surface area contributed by atoms with E-state index in [1.807, 2.05) is 30.3 Å². The summed E-state index contributed by atoms with van der Waals surface area (Å²) in [5.74, 6) is -0.815. The fourth-order valence-electron chi connectivity index (χ4n) is 2.47. The zero-order valence-corrected chi connectivity index (χ0v) is 13.2. The Morgan fingerprint density at radius 2 is 1.75 bits per heavy atom. The zero-order valence-electron chi connectivity index (χ0n) is 13.2. The van der Waals surface area contributed by atoms with E-state index in [1.165, 1.54) is 12.1 Å². The Kier molecular flexibility index (Phi) is 6.45. The smallest absolute Gasteiger partial charge is 0.303 e. The van der Waals surface area contributed by atoms with Gasteiger partial charge in [0.05, 0.1) is 4.92 Å². The summed E-state index contributed by atoms with van der Waals surface area (Å²) in [5, 5.41) is 22.9. The second kappa shape index (κ2) is 8.79. The first-order valence-corrected chi connectivity index (χ1v) is 7.77. The fourth-order valence-corrected chi connectivity index (χ4v) is 2.47. The van der Waals surface area contributed by atoms with Crippen LogP contribution in [0.5, 0.6) is 0 Å². The predicted molar refractivity (Wildman–Crippen MR) is 90.7 cm³/mol. The van der Waals surface area contributed by atoms with Crippen LogP contribution in [0.15, 0.2) is 54.6 Å². The summed E-state index contributed by atoms with van der Waals surface area (Å²) in [6.07, 6.45) is 1.36. The van der Waals surface area contributed by atoms with Crippen LogP contribution in [0.2, 0.25) is 0 Å². The molecule has 0 bridgehead atoms. The van der Waals surface area contributed by atoms with E-state index < -0.39 is 10.9 Å². The summed E-state index contributed by atoms with van der Waals surface area (Å²) in [4.78, 5) is 21.1. The number of rotatable bonds is 9. The van der Waals surface area contributed by atoms with Crippen LogP contribution in [0.1, 0.15) is 24.0 Å². The molecule has 24 heavy (non-hydrogen) atoms. The van der Waals surface area contributed by atoms with Crippen molar-refractivity contribution in [3.63, 3.8) is 0 Å². The second-order valence-electron chi connectivity index (χ2n) is 5.62. The van der Waals surface area contributed by atoms with Gasteiger partial charge in [0.2, 0.25) is 0 Å². The van der Waals surface area contributed by atoms with E-state index in [1.54, 1.807) is 12.1 Å². The normalized spacial score (nSPS) is 11.8. The van der Waals surface area contributed by atoms with Crippen molar-refractivity contribution >= 4 is 11.7 Å². The van der Waals surface area contributed by atoms with Gasteiger partial charge in [0, 0.05) is 31.1 Å². The number of hydrogen-bond donors (Lipinski definition) is 2. The van der Waals surface area contributed by atoms with E-state index in [-0.39, 0.29) is 18.2 Å².